The summed E-state index contributed by atoms with van der Waals surface area (Å²) in [5.74, 6) is 0. The van der Waals surface area contributed by atoms with Crippen molar-refractivity contribution in [3.63, 3.8) is 0 Å². The summed E-state index contributed by atoms with van der Waals surface area (Å²) in [5.41, 5.74) is -1.87. The van der Waals surface area contributed by atoms with Gasteiger partial charge in [-0.3, -0.25) is 0 Å². The number of alkyl halides is 1. The number of aliphatic hydroxyl groups excluding tert-OH is 2. The van der Waals surface area contributed by atoms with Crippen molar-refractivity contribution in [1.29, 1.82) is 0 Å². The average molecular weight is 180 g/mol. The molecule has 0 aromatic heterocycles. The fourth-order valence-corrected chi connectivity index (χ4v) is 1.35. The first kappa shape index (κ1) is 9.85. The van der Waals surface area contributed by atoms with Crippen LogP contribution in [0.25, 0.3) is 0 Å². The number of ether oxygens (including phenoxy) is 1. The molecule has 0 saturated carbocycles. The molecule has 5 heteroatoms. The van der Waals surface area contributed by atoms with Crippen LogP contribution in [0.1, 0.15) is 6.92 Å². The first-order valence-corrected chi connectivity index (χ1v) is 3.79. The maximum Gasteiger partial charge on any atom is 0.147 e. The van der Waals surface area contributed by atoms with E-state index < -0.39 is 37.2 Å². The summed E-state index contributed by atoms with van der Waals surface area (Å²) < 4.78 is 17.3. The van der Waals surface area contributed by atoms with Gasteiger partial charge < -0.3 is 20.1 Å². The van der Waals surface area contributed by atoms with Gasteiger partial charge in [0, 0.05) is 0 Å². The Balaban J connectivity index is 2.76. The van der Waals surface area contributed by atoms with Crippen molar-refractivity contribution >= 4 is 0 Å². The molecule has 12 heavy (non-hydrogen) atoms. The zero-order valence-corrected chi connectivity index (χ0v) is 6.77. The number of aliphatic hydroxyl groups is 3. The van der Waals surface area contributed by atoms with Crippen LogP contribution >= 0.6 is 0 Å². The third-order valence-corrected chi connectivity index (χ3v) is 2.34. The Morgan fingerprint density at radius 3 is 2.42 bits per heavy atom. The molecule has 1 heterocycles. The van der Waals surface area contributed by atoms with Crippen LogP contribution in [0.5, 0.6) is 0 Å². The third kappa shape index (κ3) is 1.22. The molecule has 0 spiro atoms. The summed E-state index contributed by atoms with van der Waals surface area (Å²) in [5, 5.41) is 27.4. The first-order valence-electron chi connectivity index (χ1n) is 3.79. The molecule has 1 fully saturated rings. The van der Waals surface area contributed by atoms with Crippen LogP contribution < -0.4 is 0 Å². The summed E-state index contributed by atoms with van der Waals surface area (Å²) in [6.45, 7) is -0.0435. The molecule has 0 bridgehead atoms. The summed E-state index contributed by atoms with van der Waals surface area (Å²) in [6, 6.07) is 0. The van der Waals surface area contributed by atoms with Crippen molar-refractivity contribution in [1.82, 2.24) is 0 Å². The summed E-state index contributed by atoms with van der Waals surface area (Å²) in [4.78, 5) is 0. The molecule has 1 aliphatic heterocycles. The van der Waals surface area contributed by atoms with Crippen LogP contribution in [0.2, 0.25) is 0 Å². The lowest BCUT2D eigenvalue weighted by molar-refractivity contribution is -0.0858. The number of rotatable bonds is 2. The minimum Gasteiger partial charge on any atom is -0.394 e. The maximum absolute atomic E-state index is 12.3. The predicted octanol–water partition coefficient (Wildman–Crippen LogP) is -1.17. The molecule has 3 N–H and O–H groups in total. The fraction of sp³-hybridized carbons (Fsp3) is 1.00. The largest absolute Gasteiger partial charge is 0.394 e. The van der Waals surface area contributed by atoms with Crippen LogP contribution in [-0.4, -0.2) is 52.5 Å². The highest BCUT2D eigenvalue weighted by atomic mass is 19.1. The lowest BCUT2D eigenvalue weighted by Gasteiger charge is -2.25. The lowest BCUT2D eigenvalue weighted by atomic mass is 9.93. The van der Waals surface area contributed by atoms with Crippen LogP contribution in [0.15, 0.2) is 0 Å². The monoisotopic (exact) mass is 180 g/mol. The first-order chi connectivity index (χ1) is 5.56. The minimum atomic E-state index is -1.87. The number of hydrogen-bond donors (Lipinski definition) is 3. The normalized spacial score (nSPS) is 48.2. The minimum absolute atomic E-state index is 0.423. The molecule has 1 saturated heterocycles. The van der Waals surface area contributed by atoms with E-state index in [0.29, 0.717) is 0 Å². The topological polar surface area (TPSA) is 69.9 Å². The lowest BCUT2D eigenvalue weighted by Crippen LogP contribution is -2.49. The van der Waals surface area contributed by atoms with Gasteiger partial charge >= 0.3 is 0 Å². The van der Waals surface area contributed by atoms with Gasteiger partial charge in [-0.2, -0.15) is 0 Å². The molecule has 72 valence electrons. The quantitative estimate of drug-likeness (QED) is 0.500. The van der Waals surface area contributed by atoms with Crippen molar-refractivity contribution in [3.05, 3.63) is 0 Å². The summed E-state index contributed by atoms with van der Waals surface area (Å²) >= 11 is 0. The van der Waals surface area contributed by atoms with E-state index in [-0.39, 0.29) is 0 Å². The fourth-order valence-electron chi connectivity index (χ4n) is 1.35. The molecule has 4 atom stereocenters. The molecule has 0 aliphatic carbocycles. The summed E-state index contributed by atoms with van der Waals surface area (Å²) in [7, 11) is 0. The van der Waals surface area contributed by atoms with Gasteiger partial charge in [0.25, 0.3) is 0 Å². The second kappa shape index (κ2) is 3.26. The molecular formula is C7H13FO4. The highest BCUT2D eigenvalue weighted by molar-refractivity contribution is 5.01. The van der Waals surface area contributed by atoms with Crippen LogP contribution in [0.4, 0.5) is 4.39 Å². The number of halogens is 1. The van der Waals surface area contributed by atoms with E-state index in [1.807, 2.05) is 0 Å². The predicted molar refractivity (Wildman–Crippen MR) is 38.4 cm³/mol. The van der Waals surface area contributed by atoms with Crippen molar-refractivity contribution in [2.24, 2.45) is 0 Å². The van der Waals surface area contributed by atoms with Crippen LogP contribution in [-0.2, 0) is 4.74 Å². The van der Waals surface area contributed by atoms with Gasteiger partial charge in [-0.05, 0) is 6.92 Å². The van der Waals surface area contributed by atoms with Crippen molar-refractivity contribution in [2.45, 2.75) is 30.8 Å². The second-order valence-electron chi connectivity index (χ2n) is 3.07. The molecule has 0 unspecified atom stereocenters. The van der Waals surface area contributed by atoms with Crippen molar-refractivity contribution < 1.29 is 24.4 Å². The van der Waals surface area contributed by atoms with Gasteiger partial charge in [-0.15, -0.1) is 0 Å². The Kier molecular flexibility index (Phi) is 2.67. The van der Waals surface area contributed by atoms with E-state index in [1.54, 1.807) is 0 Å². The molecule has 0 radical (unpaired) electrons. The second-order valence-corrected chi connectivity index (χ2v) is 3.07. The molecular weight excluding hydrogens is 167 g/mol. The van der Waals surface area contributed by atoms with Gasteiger partial charge in [0.1, 0.15) is 24.5 Å². The van der Waals surface area contributed by atoms with E-state index in [9.17, 15) is 14.6 Å². The zero-order valence-electron chi connectivity index (χ0n) is 6.77. The van der Waals surface area contributed by atoms with E-state index >= 15 is 0 Å². The molecule has 1 aliphatic rings. The maximum atomic E-state index is 12.3. The van der Waals surface area contributed by atoms with E-state index in [1.165, 1.54) is 6.92 Å². The smallest absolute Gasteiger partial charge is 0.147 e. The Morgan fingerprint density at radius 1 is 1.58 bits per heavy atom. The van der Waals surface area contributed by atoms with E-state index in [4.69, 9.17) is 9.84 Å². The summed E-state index contributed by atoms with van der Waals surface area (Å²) in [6.07, 6.45) is -3.04. The Bertz CT molecular complexity index is 165. The molecule has 0 aromatic carbocycles. The Labute approximate surface area is 69.6 Å². The standard InChI is InChI=1S/C7H13FO4/c1-4-7(11,3-8)6(10)5(2-9)12-4/h4-6,9-11H,2-3H2,1H3/t4-,5+,6+,7-/m0/s1. The van der Waals surface area contributed by atoms with Crippen LogP contribution in [0.3, 0.4) is 0 Å². The van der Waals surface area contributed by atoms with Crippen molar-refractivity contribution in [2.75, 3.05) is 13.3 Å². The molecule has 0 aromatic rings. The van der Waals surface area contributed by atoms with Crippen LogP contribution in [0, 0.1) is 0 Å². The van der Waals surface area contributed by atoms with Gasteiger partial charge in [0.05, 0.1) is 12.7 Å². The Morgan fingerprint density at radius 2 is 2.17 bits per heavy atom. The average Bonchev–Trinajstić information content (AvgIpc) is 2.30. The van der Waals surface area contributed by atoms with Gasteiger partial charge in [0.2, 0.25) is 0 Å². The SMILES string of the molecule is C[C@@H]1O[C@H](CO)[C@@H](O)[C@]1(O)CF. The van der Waals surface area contributed by atoms with E-state index in [0.717, 1.165) is 0 Å². The third-order valence-electron chi connectivity index (χ3n) is 2.34. The zero-order chi connectivity index (χ0) is 9.35. The van der Waals surface area contributed by atoms with Gasteiger partial charge in [0.15, 0.2) is 0 Å². The van der Waals surface area contributed by atoms with Gasteiger partial charge in [-0.1, -0.05) is 0 Å². The Hall–Kier alpha value is -0.230. The highest BCUT2D eigenvalue weighted by Crippen LogP contribution is 2.31. The molecule has 1 rings (SSSR count). The van der Waals surface area contributed by atoms with Crippen molar-refractivity contribution in [3.8, 4) is 0 Å². The molecule has 0 amide bonds. The van der Waals surface area contributed by atoms with E-state index in [2.05, 4.69) is 0 Å². The highest BCUT2D eigenvalue weighted by Gasteiger charge is 2.53. The number of hydrogen-bond acceptors (Lipinski definition) is 4. The van der Waals surface area contributed by atoms with Gasteiger partial charge in [-0.25, -0.2) is 4.39 Å². The molecule has 4 nitrogen and oxygen atoms in total.